The number of carbonyl (C=O) groups is 1. The highest BCUT2D eigenvalue weighted by molar-refractivity contribution is 5.89. The van der Waals surface area contributed by atoms with E-state index in [-0.39, 0.29) is 6.03 Å². The number of anilines is 1. The second-order valence-corrected chi connectivity index (χ2v) is 7.96. The lowest BCUT2D eigenvalue weighted by Gasteiger charge is -2.30. The van der Waals surface area contributed by atoms with Gasteiger partial charge in [0.2, 0.25) is 0 Å². The number of methoxy groups -OCH3 is 2. The monoisotopic (exact) mass is 438 g/mol. The van der Waals surface area contributed by atoms with Crippen LogP contribution in [-0.2, 0) is 6.42 Å². The largest absolute Gasteiger partial charge is 0.497 e. The normalized spacial score (nSPS) is 13.9. The summed E-state index contributed by atoms with van der Waals surface area (Å²) in [7, 11) is 3.27. The Labute approximate surface area is 191 Å². The molecule has 1 saturated heterocycles. The van der Waals surface area contributed by atoms with Crippen molar-refractivity contribution < 1.29 is 14.3 Å². The standard InChI is InChI=1S/C25H34N4O3/c1-20(18-28-15-12-26-13-16-28)19-29(14-11-21-7-9-23(31-2)10-8-21)25(30)27-22-5-4-6-24(17-22)32-3/h4-10,17,26H,1,11-16,18-19H2,2-3H3,(H,27,30). The number of piperazine rings is 1. The number of hydrogen-bond acceptors (Lipinski definition) is 5. The van der Waals surface area contributed by atoms with Crippen LogP contribution in [0.15, 0.2) is 60.7 Å². The van der Waals surface area contributed by atoms with Crippen molar-refractivity contribution in [2.24, 2.45) is 0 Å². The minimum absolute atomic E-state index is 0.145. The molecule has 1 aliphatic heterocycles. The van der Waals surface area contributed by atoms with Crippen molar-refractivity contribution in [1.82, 2.24) is 15.1 Å². The SMILES string of the molecule is C=C(CN1CCNCC1)CN(CCc1ccc(OC)cc1)C(=O)Nc1cccc(OC)c1. The van der Waals surface area contributed by atoms with Gasteiger partial charge in [-0.1, -0.05) is 24.8 Å². The van der Waals surface area contributed by atoms with Gasteiger partial charge in [0.25, 0.3) is 0 Å². The van der Waals surface area contributed by atoms with E-state index in [2.05, 4.69) is 22.1 Å². The van der Waals surface area contributed by atoms with E-state index in [4.69, 9.17) is 9.47 Å². The van der Waals surface area contributed by atoms with Gasteiger partial charge in [0.15, 0.2) is 0 Å². The maximum atomic E-state index is 13.2. The summed E-state index contributed by atoms with van der Waals surface area (Å²) < 4.78 is 10.5. The van der Waals surface area contributed by atoms with Crippen molar-refractivity contribution in [1.29, 1.82) is 0 Å². The highest BCUT2D eigenvalue weighted by Gasteiger charge is 2.17. The second kappa shape index (κ2) is 12.1. The topological polar surface area (TPSA) is 66.1 Å². The molecule has 7 heteroatoms. The van der Waals surface area contributed by atoms with E-state index in [1.807, 2.05) is 53.4 Å². The zero-order valence-electron chi connectivity index (χ0n) is 19.1. The van der Waals surface area contributed by atoms with Gasteiger partial charge >= 0.3 is 6.03 Å². The molecular formula is C25H34N4O3. The number of urea groups is 1. The third-order valence-electron chi connectivity index (χ3n) is 5.51. The van der Waals surface area contributed by atoms with Crippen molar-refractivity contribution in [3.05, 3.63) is 66.2 Å². The average Bonchev–Trinajstić information content (AvgIpc) is 2.82. The lowest BCUT2D eigenvalue weighted by atomic mass is 10.1. The molecule has 1 fully saturated rings. The molecule has 0 spiro atoms. The summed E-state index contributed by atoms with van der Waals surface area (Å²) in [5.74, 6) is 1.53. The van der Waals surface area contributed by atoms with Crippen LogP contribution in [0.3, 0.4) is 0 Å². The summed E-state index contributed by atoms with van der Waals surface area (Å²) in [5, 5.41) is 6.37. The van der Waals surface area contributed by atoms with Crippen molar-refractivity contribution in [2.75, 3.05) is 65.3 Å². The lowest BCUT2D eigenvalue weighted by molar-refractivity contribution is 0.212. The Morgan fingerprint density at radius 1 is 1.09 bits per heavy atom. The van der Waals surface area contributed by atoms with E-state index in [0.29, 0.717) is 24.5 Å². The van der Waals surface area contributed by atoms with Crippen molar-refractivity contribution >= 4 is 11.7 Å². The number of hydrogen-bond donors (Lipinski definition) is 2. The molecule has 7 nitrogen and oxygen atoms in total. The van der Waals surface area contributed by atoms with Gasteiger partial charge in [-0.2, -0.15) is 0 Å². The summed E-state index contributed by atoms with van der Waals surface area (Å²) >= 11 is 0. The molecule has 2 amide bonds. The molecule has 0 unspecified atom stereocenters. The Hall–Kier alpha value is -3.03. The molecule has 32 heavy (non-hydrogen) atoms. The fourth-order valence-corrected chi connectivity index (χ4v) is 3.72. The van der Waals surface area contributed by atoms with Gasteiger partial charge in [-0.05, 0) is 41.8 Å². The minimum atomic E-state index is -0.145. The molecule has 3 rings (SSSR count). The Bertz CT molecular complexity index is 879. The zero-order chi connectivity index (χ0) is 22.8. The predicted molar refractivity (Wildman–Crippen MR) is 129 cm³/mol. The van der Waals surface area contributed by atoms with E-state index >= 15 is 0 Å². The summed E-state index contributed by atoms with van der Waals surface area (Å²) in [6.45, 7) is 10.1. The number of carbonyl (C=O) groups excluding carboxylic acids is 1. The van der Waals surface area contributed by atoms with Gasteiger partial charge < -0.3 is 25.0 Å². The van der Waals surface area contributed by atoms with Gasteiger partial charge in [0, 0.05) is 57.6 Å². The van der Waals surface area contributed by atoms with E-state index in [1.54, 1.807) is 14.2 Å². The summed E-state index contributed by atoms with van der Waals surface area (Å²) in [6.07, 6.45) is 0.746. The Morgan fingerprint density at radius 3 is 2.50 bits per heavy atom. The van der Waals surface area contributed by atoms with Crippen LogP contribution in [0.4, 0.5) is 10.5 Å². The summed E-state index contributed by atoms with van der Waals surface area (Å²) in [6, 6.07) is 15.2. The first kappa shape index (κ1) is 23.6. The van der Waals surface area contributed by atoms with E-state index in [1.165, 1.54) is 0 Å². The van der Waals surface area contributed by atoms with Gasteiger partial charge in [-0.25, -0.2) is 4.79 Å². The molecule has 0 bridgehead atoms. The number of nitrogens with zero attached hydrogens (tertiary/aromatic N) is 2. The first-order valence-corrected chi connectivity index (χ1v) is 11.0. The van der Waals surface area contributed by atoms with Crippen LogP contribution in [0.5, 0.6) is 11.5 Å². The minimum Gasteiger partial charge on any atom is -0.497 e. The van der Waals surface area contributed by atoms with Gasteiger partial charge in [-0.3, -0.25) is 4.90 Å². The van der Waals surface area contributed by atoms with Crippen LogP contribution in [0.1, 0.15) is 5.56 Å². The fourth-order valence-electron chi connectivity index (χ4n) is 3.72. The quantitative estimate of drug-likeness (QED) is 0.558. The number of rotatable bonds is 10. The second-order valence-electron chi connectivity index (χ2n) is 7.96. The molecule has 2 N–H and O–H groups in total. The van der Waals surface area contributed by atoms with Crippen molar-refractivity contribution in [3.63, 3.8) is 0 Å². The lowest BCUT2D eigenvalue weighted by Crippen LogP contribution is -2.45. The number of amides is 2. The fraction of sp³-hybridized carbons (Fsp3) is 0.400. The Morgan fingerprint density at radius 2 is 1.81 bits per heavy atom. The van der Waals surface area contributed by atoms with Crippen molar-refractivity contribution in [3.8, 4) is 11.5 Å². The highest BCUT2D eigenvalue weighted by Crippen LogP contribution is 2.18. The van der Waals surface area contributed by atoms with Gasteiger partial charge in [0.05, 0.1) is 14.2 Å². The smallest absolute Gasteiger partial charge is 0.322 e. The number of nitrogens with one attached hydrogen (secondary N) is 2. The van der Waals surface area contributed by atoms with Crippen LogP contribution in [0.25, 0.3) is 0 Å². The molecule has 1 heterocycles. The Kier molecular flexibility index (Phi) is 8.95. The van der Waals surface area contributed by atoms with Crippen LogP contribution < -0.4 is 20.1 Å². The third kappa shape index (κ3) is 7.28. The highest BCUT2D eigenvalue weighted by atomic mass is 16.5. The van der Waals surface area contributed by atoms with Crippen LogP contribution >= 0.6 is 0 Å². The molecule has 1 aliphatic rings. The molecule has 0 saturated carbocycles. The summed E-state index contributed by atoms with van der Waals surface area (Å²) in [4.78, 5) is 17.4. The van der Waals surface area contributed by atoms with Crippen molar-refractivity contribution in [2.45, 2.75) is 6.42 Å². The predicted octanol–water partition coefficient (Wildman–Crippen LogP) is 3.24. The van der Waals surface area contributed by atoms with E-state index in [9.17, 15) is 4.79 Å². The molecule has 0 aromatic heterocycles. The van der Waals surface area contributed by atoms with E-state index < -0.39 is 0 Å². The average molecular weight is 439 g/mol. The molecular weight excluding hydrogens is 404 g/mol. The maximum Gasteiger partial charge on any atom is 0.322 e. The van der Waals surface area contributed by atoms with Crippen LogP contribution in [0.2, 0.25) is 0 Å². The van der Waals surface area contributed by atoms with Gasteiger partial charge in [-0.15, -0.1) is 0 Å². The molecule has 172 valence electrons. The molecule has 2 aromatic carbocycles. The molecule has 0 atom stereocenters. The Balaban J connectivity index is 1.64. The molecule has 0 radical (unpaired) electrons. The van der Waals surface area contributed by atoms with Crippen LogP contribution in [-0.4, -0.2) is 75.9 Å². The molecule has 2 aromatic rings. The third-order valence-corrected chi connectivity index (χ3v) is 5.51. The number of ether oxygens (including phenoxy) is 2. The first-order valence-electron chi connectivity index (χ1n) is 11.0. The number of benzene rings is 2. The summed E-state index contributed by atoms with van der Waals surface area (Å²) in [5.41, 5.74) is 2.89. The van der Waals surface area contributed by atoms with Gasteiger partial charge in [0.1, 0.15) is 11.5 Å². The first-order chi connectivity index (χ1) is 15.6. The van der Waals surface area contributed by atoms with E-state index in [0.717, 1.165) is 56.0 Å². The van der Waals surface area contributed by atoms with Crippen LogP contribution in [0, 0.1) is 0 Å². The molecule has 0 aliphatic carbocycles. The zero-order valence-corrected chi connectivity index (χ0v) is 19.1. The maximum absolute atomic E-state index is 13.2.